The van der Waals surface area contributed by atoms with Crippen molar-refractivity contribution in [2.45, 2.75) is 25.9 Å². The van der Waals surface area contributed by atoms with Crippen LogP contribution in [0.3, 0.4) is 0 Å². The Balaban J connectivity index is 1.88. The van der Waals surface area contributed by atoms with E-state index in [-0.39, 0.29) is 0 Å². The van der Waals surface area contributed by atoms with Gasteiger partial charge in [0.15, 0.2) is 0 Å². The molecule has 1 heterocycles. The Kier molecular flexibility index (Phi) is 3.26. The third kappa shape index (κ3) is 2.36. The van der Waals surface area contributed by atoms with Gasteiger partial charge < -0.3 is 9.84 Å². The van der Waals surface area contributed by atoms with Gasteiger partial charge in [-0.05, 0) is 40.8 Å². The molecule has 2 aromatic carbocycles. The average Bonchev–Trinajstić information content (AvgIpc) is 2.94. The van der Waals surface area contributed by atoms with Crippen LogP contribution in [0.2, 0.25) is 0 Å². The fourth-order valence-electron chi connectivity index (χ4n) is 2.50. The van der Waals surface area contributed by atoms with Crippen molar-refractivity contribution in [1.29, 1.82) is 0 Å². The maximum Gasteiger partial charge on any atom is 0.122 e. The van der Waals surface area contributed by atoms with Gasteiger partial charge in [0.05, 0.1) is 6.61 Å². The largest absolute Gasteiger partial charge is 0.493 e. The number of benzene rings is 2. The first-order valence-electron chi connectivity index (χ1n) is 6.80. The number of fused-ring (bicyclic) bond motifs is 1. The van der Waals surface area contributed by atoms with Gasteiger partial charge in [0.2, 0.25) is 0 Å². The predicted molar refractivity (Wildman–Crippen MR) is 75.5 cm³/mol. The molecule has 1 aliphatic rings. The van der Waals surface area contributed by atoms with Crippen LogP contribution in [0.25, 0.3) is 0 Å². The average molecular weight is 254 g/mol. The molecule has 0 spiro atoms. The molecule has 1 N–H and O–H groups in total. The Bertz CT molecular complexity index is 572. The molecule has 1 aliphatic heterocycles. The highest BCUT2D eigenvalue weighted by Gasteiger charge is 2.16. The van der Waals surface area contributed by atoms with Crippen molar-refractivity contribution in [1.82, 2.24) is 0 Å². The molecule has 0 fully saturated rings. The van der Waals surface area contributed by atoms with Crippen LogP contribution >= 0.6 is 0 Å². The lowest BCUT2D eigenvalue weighted by molar-refractivity contribution is 0.220. The minimum atomic E-state index is -0.559. The summed E-state index contributed by atoms with van der Waals surface area (Å²) >= 11 is 0. The highest BCUT2D eigenvalue weighted by molar-refractivity contribution is 5.42. The van der Waals surface area contributed by atoms with Gasteiger partial charge in [-0.2, -0.15) is 0 Å². The molecule has 0 saturated carbocycles. The minimum Gasteiger partial charge on any atom is -0.493 e. The SMILES string of the molecule is CCc1ccc(C(O)c2ccc3c(c2)CCO3)cc1. The van der Waals surface area contributed by atoms with E-state index < -0.39 is 6.10 Å². The lowest BCUT2D eigenvalue weighted by Gasteiger charge is -2.13. The topological polar surface area (TPSA) is 29.5 Å². The molecule has 3 rings (SSSR count). The molecule has 2 nitrogen and oxygen atoms in total. The highest BCUT2D eigenvalue weighted by atomic mass is 16.5. The smallest absolute Gasteiger partial charge is 0.122 e. The highest BCUT2D eigenvalue weighted by Crippen LogP contribution is 2.30. The molecule has 1 atom stereocenters. The van der Waals surface area contributed by atoms with E-state index in [0.717, 1.165) is 36.3 Å². The van der Waals surface area contributed by atoms with Crippen molar-refractivity contribution in [2.75, 3.05) is 6.61 Å². The quantitative estimate of drug-likeness (QED) is 0.911. The summed E-state index contributed by atoms with van der Waals surface area (Å²) in [5.41, 5.74) is 4.37. The Morgan fingerprint density at radius 2 is 1.84 bits per heavy atom. The van der Waals surface area contributed by atoms with Crippen LogP contribution in [0, 0.1) is 0 Å². The van der Waals surface area contributed by atoms with Crippen molar-refractivity contribution >= 4 is 0 Å². The van der Waals surface area contributed by atoms with E-state index >= 15 is 0 Å². The maximum atomic E-state index is 10.4. The molecular weight excluding hydrogens is 236 g/mol. The van der Waals surface area contributed by atoms with Crippen LogP contribution in [0.15, 0.2) is 42.5 Å². The molecule has 0 radical (unpaired) electrons. The van der Waals surface area contributed by atoms with Gasteiger partial charge in [-0.1, -0.05) is 37.3 Å². The zero-order chi connectivity index (χ0) is 13.2. The first-order chi connectivity index (χ1) is 9.28. The van der Waals surface area contributed by atoms with Crippen LogP contribution in [-0.2, 0) is 12.8 Å². The summed E-state index contributed by atoms with van der Waals surface area (Å²) in [6.07, 6.45) is 1.40. The second-order valence-electron chi connectivity index (χ2n) is 4.96. The van der Waals surface area contributed by atoms with Gasteiger partial charge in [-0.15, -0.1) is 0 Å². The van der Waals surface area contributed by atoms with Crippen molar-refractivity contribution in [3.8, 4) is 5.75 Å². The van der Waals surface area contributed by atoms with Gasteiger partial charge >= 0.3 is 0 Å². The summed E-state index contributed by atoms with van der Waals surface area (Å²) in [6.45, 7) is 2.88. The molecule has 2 aromatic rings. The molecule has 1 unspecified atom stereocenters. The summed E-state index contributed by atoms with van der Waals surface area (Å²) in [4.78, 5) is 0. The van der Waals surface area contributed by atoms with Crippen molar-refractivity contribution in [3.63, 3.8) is 0 Å². The molecule has 2 heteroatoms. The van der Waals surface area contributed by atoms with Crippen LogP contribution in [0.5, 0.6) is 5.75 Å². The Hall–Kier alpha value is -1.80. The second kappa shape index (κ2) is 5.06. The summed E-state index contributed by atoms with van der Waals surface area (Å²) in [5.74, 6) is 0.956. The van der Waals surface area contributed by atoms with Gasteiger partial charge in [0.25, 0.3) is 0 Å². The van der Waals surface area contributed by atoms with E-state index in [0.29, 0.717) is 0 Å². The van der Waals surface area contributed by atoms with Crippen molar-refractivity contribution < 1.29 is 9.84 Å². The molecule has 0 saturated heterocycles. The number of hydrogen-bond donors (Lipinski definition) is 1. The Morgan fingerprint density at radius 1 is 1.11 bits per heavy atom. The van der Waals surface area contributed by atoms with E-state index in [4.69, 9.17) is 4.74 Å². The van der Waals surface area contributed by atoms with Gasteiger partial charge in [0.1, 0.15) is 11.9 Å². The van der Waals surface area contributed by atoms with E-state index in [1.165, 1.54) is 11.1 Å². The van der Waals surface area contributed by atoms with Gasteiger partial charge in [0, 0.05) is 6.42 Å². The third-order valence-corrected chi connectivity index (χ3v) is 3.73. The first kappa shape index (κ1) is 12.2. The summed E-state index contributed by atoms with van der Waals surface area (Å²) < 4.78 is 5.49. The zero-order valence-electron chi connectivity index (χ0n) is 11.1. The molecule has 0 aliphatic carbocycles. The first-order valence-corrected chi connectivity index (χ1v) is 6.80. The minimum absolute atomic E-state index is 0.559. The van der Waals surface area contributed by atoms with Gasteiger partial charge in [-0.25, -0.2) is 0 Å². The third-order valence-electron chi connectivity index (χ3n) is 3.73. The number of hydrogen-bond acceptors (Lipinski definition) is 2. The maximum absolute atomic E-state index is 10.4. The summed E-state index contributed by atoms with van der Waals surface area (Å²) in [7, 11) is 0. The van der Waals surface area contributed by atoms with Crippen molar-refractivity contribution in [3.05, 3.63) is 64.7 Å². The molecule has 0 aromatic heterocycles. The second-order valence-corrected chi connectivity index (χ2v) is 4.96. The van der Waals surface area contributed by atoms with Crippen molar-refractivity contribution in [2.24, 2.45) is 0 Å². The number of aryl methyl sites for hydroxylation is 1. The standard InChI is InChI=1S/C17H18O2/c1-2-12-3-5-13(6-4-12)17(18)15-7-8-16-14(11-15)9-10-19-16/h3-8,11,17-18H,2,9-10H2,1H3. The predicted octanol–water partition coefficient (Wildman–Crippen LogP) is 3.27. The molecule has 0 amide bonds. The van der Waals surface area contributed by atoms with Crippen LogP contribution < -0.4 is 4.74 Å². The fourth-order valence-corrected chi connectivity index (χ4v) is 2.50. The molecule has 0 bridgehead atoms. The van der Waals surface area contributed by atoms with Crippen LogP contribution in [-0.4, -0.2) is 11.7 Å². The Morgan fingerprint density at radius 3 is 2.58 bits per heavy atom. The van der Waals surface area contributed by atoms with Crippen LogP contribution in [0.4, 0.5) is 0 Å². The Labute approximate surface area is 113 Å². The van der Waals surface area contributed by atoms with E-state index in [2.05, 4.69) is 25.1 Å². The summed E-state index contributed by atoms with van der Waals surface area (Å²) in [5, 5.41) is 10.4. The van der Waals surface area contributed by atoms with Crippen LogP contribution in [0.1, 0.15) is 35.3 Å². The fraction of sp³-hybridized carbons (Fsp3) is 0.294. The lowest BCUT2D eigenvalue weighted by Crippen LogP contribution is -2.00. The van der Waals surface area contributed by atoms with E-state index in [1.54, 1.807) is 0 Å². The number of aliphatic hydroxyl groups is 1. The van der Waals surface area contributed by atoms with Gasteiger partial charge in [-0.3, -0.25) is 0 Å². The number of rotatable bonds is 3. The number of aliphatic hydroxyl groups excluding tert-OH is 1. The molecule has 98 valence electrons. The number of ether oxygens (including phenoxy) is 1. The lowest BCUT2D eigenvalue weighted by atomic mass is 9.98. The normalized spacial score (nSPS) is 14.8. The zero-order valence-corrected chi connectivity index (χ0v) is 11.1. The summed E-state index contributed by atoms with van der Waals surface area (Å²) in [6, 6.07) is 14.1. The molecular formula is C17H18O2. The molecule has 19 heavy (non-hydrogen) atoms. The monoisotopic (exact) mass is 254 g/mol. The van der Waals surface area contributed by atoms with E-state index in [1.807, 2.05) is 24.3 Å². The van der Waals surface area contributed by atoms with E-state index in [9.17, 15) is 5.11 Å².